The molecule has 0 saturated carbocycles. The van der Waals surface area contributed by atoms with Crippen molar-refractivity contribution in [2.75, 3.05) is 33.4 Å². The molecule has 102 valence electrons. The fraction of sp³-hybridized carbons (Fsp3) is 0.909. The molecule has 1 saturated heterocycles. The lowest BCUT2D eigenvalue weighted by molar-refractivity contribution is -0.133. The molecule has 1 rings (SSSR count). The number of hydrogen-bond acceptors (Lipinski definition) is 4. The van der Waals surface area contributed by atoms with E-state index in [0.717, 1.165) is 26.0 Å². The van der Waals surface area contributed by atoms with Crippen LogP contribution in [-0.2, 0) is 14.3 Å². The summed E-state index contributed by atoms with van der Waals surface area (Å²) >= 11 is 0. The molecule has 1 amide bonds. The number of carbonyl (C=O) groups excluding carboxylic acids is 1. The van der Waals surface area contributed by atoms with E-state index in [-0.39, 0.29) is 24.4 Å². The molecule has 1 aliphatic heterocycles. The SMILES string of the molecule is CNCCNC(=O)C(C)OCC1CCCO1.Cl. The van der Waals surface area contributed by atoms with Crippen molar-refractivity contribution in [3.8, 4) is 0 Å². The number of likely N-dealkylation sites (N-methyl/N-ethyl adjacent to an activating group) is 1. The molecule has 0 aromatic heterocycles. The average molecular weight is 267 g/mol. The molecule has 0 aromatic rings. The van der Waals surface area contributed by atoms with Crippen molar-refractivity contribution in [2.45, 2.75) is 32.0 Å². The van der Waals surface area contributed by atoms with Gasteiger partial charge in [-0.3, -0.25) is 4.79 Å². The quantitative estimate of drug-likeness (QED) is 0.652. The molecule has 1 aliphatic rings. The molecule has 1 fully saturated rings. The molecule has 5 nitrogen and oxygen atoms in total. The largest absolute Gasteiger partial charge is 0.376 e. The van der Waals surface area contributed by atoms with Crippen LogP contribution < -0.4 is 10.6 Å². The summed E-state index contributed by atoms with van der Waals surface area (Å²) < 4.78 is 10.9. The van der Waals surface area contributed by atoms with E-state index >= 15 is 0 Å². The van der Waals surface area contributed by atoms with E-state index in [1.807, 2.05) is 7.05 Å². The van der Waals surface area contributed by atoms with Gasteiger partial charge in [-0.2, -0.15) is 0 Å². The maximum Gasteiger partial charge on any atom is 0.248 e. The number of rotatable bonds is 7. The van der Waals surface area contributed by atoms with Gasteiger partial charge in [-0.15, -0.1) is 12.4 Å². The van der Waals surface area contributed by atoms with Crippen LogP contribution in [0.1, 0.15) is 19.8 Å². The molecule has 0 radical (unpaired) electrons. The predicted molar refractivity (Wildman–Crippen MR) is 68.6 cm³/mol. The van der Waals surface area contributed by atoms with Gasteiger partial charge in [0, 0.05) is 19.7 Å². The van der Waals surface area contributed by atoms with Crippen LogP contribution >= 0.6 is 12.4 Å². The third-order valence-corrected chi connectivity index (χ3v) is 2.60. The molecular formula is C11H23ClN2O3. The van der Waals surface area contributed by atoms with Gasteiger partial charge in [0.25, 0.3) is 0 Å². The molecule has 0 aliphatic carbocycles. The van der Waals surface area contributed by atoms with E-state index in [2.05, 4.69) is 10.6 Å². The fourth-order valence-electron chi connectivity index (χ4n) is 1.56. The standard InChI is InChI=1S/C11H22N2O3.ClH/c1-9(11(14)13-6-5-12-2)16-8-10-4-3-7-15-10;/h9-10,12H,3-8H2,1-2H3,(H,13,14);1H. The van der Waals surface area contributed by atoms with Crippen molar-refractivity contribution >= 4 is 18.3 Å². The van der Waals surface area contributed by atoms with Gasteiger partial charge in [-0.25, -0.2) is 0 Å². The van der Waals surface area contributed by atoms with Crippen LogP contribution in [0.3, 0.4) is 0 Å². The second kappa shape index (κ2) is 9.65. The number of hydrogen-bond donors (Lipinski definition) is 2. The van der Waals surface area contributed by atoms with Gasteiger partial charge in [0.1, 0.15) is 6.10 Å². The molecular weight excluding hydrogens is 244 g/mol. The van der Waals surface area contributed by atoms with Crippen molar-refractivity contribution in [3.63, 3.8) is 0 Å². The first-order valence-corrected chi connectivity index (χ1v) is 5.89. The van der Waals surface area contributed by atoms with Crippen LogP contribution in [0.5, 0.6) is 0 Å². The van der Waals surface area contributed by atoms with Gasteiger partial charge in [-0.1, -0.05) is 0 Å². The summed E-state index contributed by atoms with van der Waals surface area (Å²) in [5, 5.41) is 5.75. The Morgan fingerprint density at radius 2 is 2.29 bits per heavy atom. The Labute approximate surface area is 109 Å². The van der Waals surface area contributed by atoms with Gasteiger partial charge in [0.2, 0.25) is 5.91 Å². The minimum atomic E-state index is -0.402. The van der Waals surface area contributed by atoms with E-state index in [1.54, 1.807) is 6.92 Å². The zero-order valence-corrected chi connectivity index (χ0v) is 11.3. The third kappa shape index (κ3) is 6.83. The molecule has 0 bridgehead atoms. The molecule has 17 heavy (non-hydrogen) atoms. The smallest absolute Gasteiger partial charge is 0.248 e. The van der Waals surface area contributed by atoms with Crippen LogP contribution in [0.4, 0.5) is 0 Å². The zero-order chi connectivity index (χ0) is 11.8. The summed E-state index contributed by atoms with van der Waals surface area (Å²) in [5.74, 6) is -0.0618. The summed E-state index contributed by atoms with van der Waals surface area (Å²) in [6.45, 7) is 4.49. The molecule has 2 atom stereocenters. The number of amides is 1. The van der Waals surface area contributed by atoms with Crippen molar-refractivity contribution in [3.05, 3.63) is 0 Å². The number of ether oxygens (including phenoxy) is 2. The average Bonchev–Trinajstić information content (AvgIpc) is 2.79. The molecule has 0 spiro atoms. The first-order valence-electron chi connectivity index (χ1n) is 5.89. The van der Waals surface area contributed by atoms with E-state index in [4.69, 9.17) is 9.47 Å². The Kier molecular flexibility index (Phi) is 9.44. The van der Waals surface area contributed by atoms with Crippen molar-refractivity contribution in [1.29, 1.82) is 0 Å². The molecule has 0 aromatic carbocycles. The van der Waals surface area contributed by atoms with Crippen LogP contribution in [0.2, 0.25) is 0 Å². The van der Waals surface area contributed by atoms with Gasteiger partial charge in [-0.05, 0) is 26.8 Å². The van der Waals surface area contributed by atoms with Crippen molar-refractivity contribution in [2.24, 2.45) is 0 Å². The zero-order valence-electron chi connectivity index (χ0n) is 10.5. The Hall–Kier alpha value is -0.360. The van der Waals surface area contributed by atoms with E-state index in [9.17, 15) is 4.79 Å². The van der Waals surface area contributed by atoms with Crippen LogP contribution in [0, 0.1) is 0 Å². The van der Waals surface area contributed by atoms with E-state index < -0.39 is 6.10 Å². The van der Waals surface area contributed by atoms with E-state index in [0.29, 0.717) is 13.2 Å². The highest BCUT2D eigenvalue weighted by Crippen LogP contribution is 2.12. The Bertz CT molecular complexity index is 211. The first-order chi connectivity index (χ1) is 7.74. The minimum absolute atomic E-state index is 0. The number of nitrogens with one attached hydrogen (secondary N) is 2. The number of halogens is 1. The maximum absolute atomic E-state index is 11.5. The van der Waals surface area contributed by atoms with Crippen LogP contribution in [-0.4, -0.2) is 51.5 Å². The van der Waals surface area contributed by atoms with E-state index in [1.165, 1.54) is 0 Å². The fourth-order valence-corrected chi connectivity index (χ4v) is 1.56. The summed E-state index contributed by atoms with van der Waals surface area (Å²) in [6, 6.07) is 0. The lowest BCUT2D eigenvalue weighted by Crippen LogP contribution is -2.38. The monoisotopic (exact) mass is 266 g/mol. The summed E-state index contributed by atoms with van der Waals surface area (Å²) in [4.78, 5) is 11.5. The molecule has 6 heteroatoms. The lowest BCUT2D eigenvalue weighted by Gasteiger charge is -2.16. The minimum Gasteiger partial charge on any atom is -0.376 e. The van der Waals surface area contributed by atoms with Gasteiger partial charge < -0.3 is 20.1 Å². The highest BCUT2D eigenvalue weighted by Gasteiger charge is 2.19. The number of carbonyl (C=O) groups is 1. The van der Waals surface area contributed by atoms with Crippen molar-refractivity contribution in [1.82, 2.24) is 10.6 Å². The topological polar surface area (TPSA) is 59.6 Å². The van der Waals surface area contributed by atoms with Crippen molar-refractivity contribution < 1.29 is 14.3 Å². The normalized spacial score (nSPS) is 20.7. The highest BCUT2D eigenvalue weighted by atomic mass is 35.5. The summed E-state index contributed by atoms with van der Waals surface area (Å²) in [7, 11) is 1.85. The summed E-state index contributed by atoms with van der Waals surface area (Å²) in [6.07, 6.45) is 1.90. The molecule has 2 N–H and O–H groups in total. The first kappa shape index (κ1) is 16.6. The third-order valence-electron chi connectivity index (χ3n) is 2.60. The molecule has 1 heterocycles. The molecule has 2 unspecified atom stereocenters. The maximum atomic E-state index is 11.5. The van der Waals surface area contributed by atoms with Crippen LogP contribution in [0.25, 0.3) is 0 Å². The van der Waals surface area contributed by atoms with Gasteiger partial charge in [0.05, 0.1) is 12.7 Å². The van der Waals surface area contributed by atoms with Gasteiger partial charge in [0.15, 0.2) is 0 Å². The Balaban J connectivity index is 0.00000256. The lowest BCUT2D eigenvalue weighted by atomic mass is 10.2. The predicted octanol–water partition coefficient (Wildman–Crippen LogP) is 0.328. The second-order valence-electron chi connectivity index (χ2n) is 4.01. The second-order valence-corrected chi connectivity index (χ2v) is 4.01. The van der Waals surface area contributed by atoms with Gasteiger partial charge >= 0.3 is 0 Å². The Morgan fingerprint density at radius 3 is 2.88 bits per heavy atom. The Morgan fingerprint density at radius 1 is 1.53 bits per heavy atom. The van der Waals surface area contributed by atoms with Crippen LogP contribution in [0.15, 0.2) is 0 Å². The highest BCUT2D eigenvalue weighted by molar-refractivity contribution is 5.85. The summed E-state index contributed by atoms with van der Waals surface area (Å²) in [5.41, 5.74) is 0.